The predicted molar refractivity (Wildman–Crippen MR) is 80.6 cm³/mol. The minimum atomic E-state index is -3.02. The molecule has 1 saturated heterocycles. The number of amides is 1. The first-order valence-electron chi connectivity index (χ1n) is 7.09. The molecule has 1 aliphatic rings. The summed E-state index contributed by atoms with van der Waals surface area (Å²) in [6.07, 6.45) is 2.11. The van der Waals surface area contributed by atoms with Gasteiger partial charge in [0, 0.05) is 5.69 Å². The number of aryl methyl sites for hydroxylation is 2. The molecule has 20 heavy (non-hydrogen) atoms. The first kappa shape index (κ1) is 15.0. The van der Waals surface area contributed by atoms with E-state index in [1.807, 2.05) is 32.0 Å². The van der Waals surface area contributed by atoms with Gasteiger partial charge in [-0.2, -0.15) is 0 Å². The van der Waals surface area contributed by atoms with E-state index in [1.165, 1.54) is 0 Å². The average molecular weight is 295 g/mol. The number of sulfone groups is 1. The molecule has 1 heterocycles. The third kappa shape index (κ3) is 3.20. The van der Waals surface area contributed by atoms with Crippen molar-refractivity contribution in [2.24, 2.45) is 5.92 Å². The van der Waals surface area contributed by atoms with Crippen LogP contribution in [0.1, 0.15) is 31.4 Å². The lowest BCUT2D eigenvalue weighted by Crippen LogP contribution is -2.25. The highest BCUT2D eigenvalue weighted by molar-refractivity contribution is 7.91. The lowest BCUT2D eigenvalue weighted by Gasteiger charge is -2.16. The quantitative estimate of drug-likeness (QED) is 0.926. The number of para-hydroxylation sites is 1. The molecular formula is C15H21NO3S. The second-order valence-electron chi connectivity index (χ2n) is 5.25. The minimum Gasteiger partial charge on any atom is -0.325 e. The SMILES string of the molecule is CCc1cccc(CC)c1NC(=O)[C@H]1CCS(=O)(=O)C1. The lowest BCUT2D eigenvalue weighted by atomic mass is 10.0. The Hall–Kier alpha value is -1.36. The highest BCUT2D eigenvalue weighted by Gasteiger charge is 2.33. The summed E-state index contributed by atoms with van der Waals surface area (Å²) in [5.74, 6) is -0.466. The normalized spacial score (nSPS) is 20.8. The standard InChI is InChI=1S/C15H21NO3S/c1-3-11-6-5-7-12(4-2)14(11)16-15(17)13-8-9-20(18,19)10-13/h5-7,13H,3-4,8-10H2,1-2H3,(H,16,17)/t13-/m0/s1. The van der Waals surface area contributed by atoms with Crippen LogP contribution in [-0.4, -0.2) is 25.8 Å². The van der Waals surface area contributed by atoms with Gasteiger partial charge in [-0.25, -0.2) is 8.42 Å². The zero-order chi connectivity index (χ0) is 14.8. The van der Waals surface area contributed by atoms with E-state index in [9.17, 15) is 13.2 Å². The van der Waals surface area contributed by atoms with E-state index in [4.69, 9.17) is 0 Å². The number of hydrogen-bond donors (Lipinski definition) is 1. The third-order valence-electron chi connectivity index (χ3n) is 3.85. The molecule has 4 nitrogen and oxygen atoms in total. The van der Waals surface area contributed by atoms with Crippen molar-refractivity contribution in [3.63, 3.8) is 0 Å². The largest absolute Gasteiger partial charge is 0.325 e. The average Bonchev–Trinajstić information content (AvgIpc) is 2.79. The molecule has 1 aliphatic heterocycles. The number of hydrogen-bond acceptors (Lipinski definition) is 3. The fourth-order valence-electron chi connectivity index (χ4n) is 2.63. The van der Waals surface area contributed by atoms with Crippen LogP contribution in [0.15, 0.2) is 18.2 Å². The van der Waals surface area contributed by atoms with Crippen LogP contribution in [0.2, 0.25) is 0 Å². The van der Waals surface area contributed by atoms with Gasteiger partial charge in [0.15, 0.2) is 9.84 Å². The van der Waals surface area contributed by atoms with Gasteiger partial charge >= 0.3 is 0 Å². The summed E-state index contributed by atoms with van der Waals surface area (Å²) in [5.41, 5.74) is 3.06. The molecular weight excluding hydrogens is 274 g/mol. The van der Waals surface area contributed by atoms with Crippen molar-refractivity contribution in [2.75, 3.05) is 16.8 Å². The van der Waals surface area contributed by atoms with E-state index in [1.54, 1.807) is 0 Å². The van der Waals surface area contributed by atoms with Crippen LogP contribution in [0.5, 0.6) is 0 Å². The summed E-state index contributed by atoms with van der Waals surface area (Å²) < 4.78 is 22.9. The molecule has 0 aliphatic carbocycles. The number of carbonyl (C=O) groups is 1. The highest BCUT2D eigenvalue weighted by atomic mass is 32.2. The van der Waals surface area contributed by atoms with E-state index in [2.05, 4.69) is 5.32 Å². The van der Waals surface area contributed by atoms with Gasteiger partial charge in [0.1, 0.15) is 0 Å². The molecule has 1 atom stereocenters. The maximum atomic E-state index is 12.3. The van der Waals surface area contributed by atoms with Crippen molar-refractivity contribution in [2.45, 2.75) is 33.1 Å². The molecule has 1 amide bonds. The Labute approximate surface area is 120 Å². The zero-order valence-corrected chi connectivity index (χ0v) is 12.8. The minimum absolute atomic E-state index is 0.0193. The topological polar surface area (TPSA) is 63.2 Å². The highest BCUT2D eigenvalue weighted by Crippen LogP contribution is 2.25. The maximum Gasteiger partial charge on any atom is 0.228 e. The number of anilines is 1. The van der Waals surface area contributed by atoms with Crippen molar-refractivity contribution < 1.29 is 13.2 Å². The van der Waals surface area contributed by atoms with Gasteiger partial charge in [-0.15, -0.1) is 0 Å². The van der Waals surface area contributed by atoms with Crippen LogP contribution in [0.3, 0.4) is 0 Å². The molecule has 1 fully saturated rings. The Kier molecular flexibility index (Phi) is 4.48. The van der Waals surface area contributed by atoms with Crippen molar-refractivity contribution in [3.8, 4) is 0 Å². The molecule has 0 radical (unpaired) electrons. The van der Waals surface area contributed by atoms with Gasteiger partial charge in [0.05, 0.1) is 17.4 Å². The molecule has 2 rings (SSSR count). The van der Waals surface area contributed by atoms with Gasteiger partial charge < -0.3 is 5.32 Å². The summed E-state index contributed by atoms with van der Waals surface area (Å²) in [6, 6.07) is 5.99. The first-order chi connectivity index (χ1) is 9.46. The lowest BCUT2D eigenvalue weighted by molar-refractivity contribution is -0.119. The molecule has 1 aromatic carbocycles. The predicted octanol–water partition coefficient (Wildman–Crippen LogP) is 2.18. The van der Waals surface area contributed by atoms with Crippen molar-refractivity contribution in [3.05, 3.63) is 29.3 Å². The molecule has 0 bridgehead atoms. The summed E-state index contributed by atoms with van der Waals surface area (Å²) in [7, 11) is -3.02. The number of carbonyl (C=O) groups excluding carboxylic acids is 1. The Balaban J connectivity index is 2.20. The van der Waals surface area contributed by atoms with Gasteiger partial charge in [0.25, 0.3) is 0 Å². The molecule has 0 aromatic heterocycles. The third-order valence-corrected chi connectivity index (χ3v) is 5.62. The van der Waals surface area contributed by atoms with Gasteiger partial charge in [-0.1, -0.05) is 32.0 Å². The zero-order valence-electron chi connectivity index (χ0n) is 12.0. The maximum absolute atomic E-state index is 12.3. The van der Waals surface area contributed by atoms with Crippen LogP contribution in [0.25, 0.3) is 0 Å². The van der Waals surface area contributed by atoms with E-state index in [0.717, 1.165) is 29.7 Å². The fourth-order valence-corrected chi connectivity index (χ4v) is 4.37. The van der Waals surface area contributed by atoms with Crippen LogP contribution in [0.4, 0.5) is 5.69 Å². The summed E-state index contributed by atoms with van der Waals surface area (Å²) in [5, 5.41) is 2.96. The Morgan fingerprint density at radius 1 is 1.25 bits per heavy atom. The second-order valence-corrected chi connectivity index (χ2v) is 7.48. The van der Waals surface area contributed by atoms with Gasteiger partial charge in [-0.05, 0) is 30.4 Å². The van der Waals surface area contributed by atoms with Crippen molar-refractivity contribution >= 4 is 21.4 Å². The molecule has 0 spiro atoms. The molecule has 1 N–H and O–H groups in total. The van der Waals surface area contributed by atoms with Crippen LogP contribution in [0, 0.1) is 5.92 Å². The number of rotatable bonds is 4. The fraction of sp³-hybridized carbons (Fsp3) is 0.533. The molecule has 0 saturated carbocycles. The van der Waals surface area contributed by atoms with Gasteiger partial charge in [0.2, 0.25) is 5.91 Å². The Morgan fingerprint density at radius 2 is 1.85 bits per heavy atom. The van der Waals surface area contributed by atoms with E-state index >= 15 is 0 Å². The molecule has 5 heteroatoms. The summed E-state index contributed by atoms with van der Waals surface area (Å²) in [4.78, 5) is 12.3. The molecule has 1 aromatic rings. The number of nitrogens with one attached hydrogen (secondary N) is 1. The molecule has 110 valence electrons. The van der Waals surface area contributed by atoms with E-state index in [0.29, 0.717) is 6.42 Å². The molecule has 0 unspecified atom stereocenters. The Bertz CT molecular complexity index is 585. The second kappa shape index (κ2) is 5.95. The Morgan fingerprint density at radius 3 is 2.30 bits per heavy atom. The number of benzene rings is 1. The van der Waals surface area contributed by atoms with Crippen LogP contribution in [-0.2, 0) is 27.5 Å². The monoisotopic (exact) mass is 295 g/mol. The van der Waals surface area contributed by atoms with Crippen LogP contribution >= 0.6 is 0 Å². The summed E-state index contributed by atoms with van der Waals surface area (Å²) >= 11 is 0. The van der Waals surface area contributed by atoms with Crippen molar-refractivity contribution in [1.29, 1.82) is 0 Å². The smallest absolute Gasteiger partial charge is 0.228 e. The summed E-state index contributed by atoms with van der Waals surface area (Å²) in [6.45, 7) is 4.09. The van der Waals surface area contributed by atoms with E-state index < -0.39 is 15.8 Å². The van der Waals surface area contributed by atoms with Crippen LogP contribution < -0.4 is 5.32 Å². The van der Waals surface area contributed by atoms with Crippen molar-refractivity contribution in [1.82, 2.24) is 0 Å². The first-order valence-corrected chi connectivity index (χ1v) is 8.91. The van der Waals surface area contributed by atoms with Gasteiger partial charge in [-0.3, -0.25) is 4.79 Å². The van der Waals surface area contributed by atoms with E-state index in [-0.39, 0.29) is 17.4 Å².